The molecular weight excluding hydrogens is 381 g/mol. The normalized spacial score (nSPS) is 13.0. The molecule has 1 aromatic carbocycles. The molecule has 0 aliphatic heterocycles. The van der Waals surface area contributed by atoms with Crippen molar-refractivity contribution in [3.8, 4) is 0 Å². The number of hydrogen-bond donors (Lipinski definition) is 1. The van der Waals surface area contributed by atoms with Gasteiger partial charge in [-0.05, 0) is 73.2 Å². The largest absolute Gasteiger partial charge is 0.369 e. The number of nitrogens with two attached hydrogens (primary N) is 1. The number of benzene rings is 1. The molecule has 0 saturated carbocycles. The van der Waals surface area contributed by atoms with Crippen molar-refractivity contribution in [1.82, 2.24) is 9.55 Å². The molecule has 3 nitrogen and oxygen atoms in total. The van der Waals surface area contributed by atoms with Crippen LogP contribution < -0.4 is 5.73 Å². The molecule has 2 heterocycles. The third kappa shape index (κ3) is 2.22. The molecule has 104 valence electrons. The lowest BCUT2D eigenvalue weighted by atomic mass is 10.1. The maximum Gasteiger partial charge on any atom is 0.201 e. The maximum absolute atomic E-state index is 6.15. The van der Waals surface area contributed by atoms with E-state index in [2.05, 4.69) is 77.2 Å². The van der Waals surface area contributed by atoms with E-state index in [1.54, 1.807) is 0 Å². The van der Waals surface area contributed by atoms with Crippen LogP contribution in [0.4, 0.5) is 5.95 Å². The molecule has 0 spiro atoms. The third-order valence-corrected chi connectivity index (χ3v) is 5.25. The SMILES string of the molecule is Cc1cc(C(C)n2c(N)nc3cc(I)ccc32)c(C)s1. The maximum atomic E-state index is 6.15. The monoisotopic (exact) mass is 397 g/mol. The van der Waals surface area contributed by atoms with Crippen LogP contribution in [-0.2, 0) is 0 Å². The Hall–Kier alpha value is -1.08. The summed E-state index contributed by atoms with van der Waals surface area (Å²) >= 11 is 4.13. The molecule has 5 heteroatoms. The highest BCUT2D eigenvalue weighted by Gasteiger charge is 2.18. The number of halogens is 1. The Labute approximate surface area is 136 Å². The van der Waals surface area contributed by atoms with Crippen LogP contribution in [0.2, 0.25) is 0 Å². The van der Waals surface area contributed by atoms with Gasteiger partial charge in [-0.2, -0.15) is 0 Å². The summed E-state index contributed by atoms with van der Waals surface area (Å²) in [4.78, 5) is 7.18. The Morgan fingerprint density at radius 2 is 2.05 bits per heavy atom. The average molecular weight is 397 g/mol. The van der Waals surface area contributed by atoms with Gasteiger partial charge in [0.15, 0.2) is 0 Å². The van der Waals surface area contributed by atoms with Gasteiger partial charge in [-0.25, -0.2) is 4.98 Å². The lowest BCUT2D eigenvalue weighted by molar-refractivity contribution is 0.666. The molecular formula is C15H16IN3S. The van der Waals surface area contributed by atoms with Crippen LogP contribution in [0.1, 0.15) is 28.3 Å². The summed E-state index contributed by atoms with van der Waals surface area (Å²) in [5.74, 6) is 0.581. The highest BCUT2D eigenvalue weighted by molar-refractivity contribution is 14.1. The Morgan fingerprint density at radius 3 is 2.70 bits per heavy atom. The highest BCUT2D eigenvalue weighted by atomic mass is 127. The fourth-order valence-electron chi connectivity index (χ4n) is 2.70. The van der Waals surface area contributed by atoms with Crippen molar-refractivity contribution in [1.29, 1.82) is 0 Å². The summed E-state index contributed by atoms with van der Waals surface area (Å²) in [5, 5.41) is 0. The predicted octanol–water partition coefficient (Wildman–Crippen LogP) is 4.51. The number of imidazole rings is 1. The van der Waals surface area contributed by atoms with E-state index in [0.717, 1.165) is 11.0 Å². The van der Waals surface area contributed by atoms with E-state index in [-0.39, 0.29) is 6.04 Å². The lowest BCUT2D eigenvalue weighted by Crippen LogP contribution is -2.10. The molecule has 0 aliphatic carbocycles. The standard InChI is InChI=1S/C15H16IN3S/c1-8-6-12(10(3)20-8)9(2)19-14-5-4-11(16)7-13(14)18-15(19)17/h4-7,9H,1-3H3,(H2,17,18). The van der Waals surface area contributed by atoms with Crippen LogP contribution in [0.5, 0.6) is 0 Å². The van der Waals surface area contributed by atoms with Gasteiger partial charge in [0.25, 0.3) is 0 Å². The van der Waals surface area contributed by atoms with E-state index in [9.17, 15) is 0 Å². The molecule has 0 saturated heterocycles. The van der Waals surface area contributed by atoms with Gasteiger partial charge in [0.2, 0.25) is 5.95 Å². The van der Waals surface area contributed by atoms with Gasteiger partial charge in [-0.3, -0.25) is 0 Å². The zero-order chi connectivity index (χ0) is 14.4. The molecule has 3 rings (SSSR count). The first kappa shape index (κ1) is 13.9. The van der Waals surface area contributed by atoms with Crippen molar-refractivity contribution in [2.24, 2.45) is 0 Å². The smallest absolute Gasteiger partial charge is 0.201 e. The summed E-state index contributed by atoms with van der Waals surface area (Å²) in [6.45, 7) is 6.50. The van der Waals surface area contributed by atoms with Gasteiger partial charge in [-0.1, -0.05) is 0 Å². The minimum absolute atomic E-state index is 0.199. The van der Waals surface area contributed by atoms with Crippen molar-refractivity contribution in [2.75, 3.05) is 5.73 Å². The van der Waals surface area contributed by atoms with Crippen molar-refractivity contribution in [3.05, 3.63) is 43.2 Å². The van der Waals surface area contributed by atoms with Crippen LogP contribution in [0, 0.1) is 17.4 Å². The van der Waals surface area contributed by atoms with E-state index >= 15 is 0 Å². The van der Waals surface area contributed by atoms with Crippen LogP contribution in [-0.4, -0.2) is 9.55 Å². The molecule has 20 heavy (non-hydrogen) atoms. The summed E-state index contributed by atoms with van der Waals surface area (Å²) in [7, 11) is 0. The Balaban J connectivity index is 2.18. The summed E-state index contributed by atoms with van der Waals surface area (Å²) < 4.78 is 3.30. The van der Waals surface area contributed by atoms with Gasteiger partial charge in [0, 0.05) is 13.3 Å². The van der Waals surface area contributed by atoms with E-state index in [0.29, 0.717) is 5.95 Å². The molecule has 0 radical (unpaired) electrons. The second kappa shape index (κ2) is 5.04. The van der Waals surface area contributed by atoms with E-state index in [1.165, 1.54) is 18.9 Å². The lowest BCUT2D eigenvalue weighted by Gasteiger charge is -2.16. The Morgan fingerprint density at radius 1 is 1.30 bits per heavy atom. The molecule has 0 aliphatic rings. The van der Waals surface area contributed by atoms with Crippen LogP contribution in [0.25, 0.3) is 11.0 Å². The number of nitrogens with zero attached hydrogens (tertiary/aromatic N) is 2. The van der Waals surface area contributed by atoms with Crippen molar-refractivity contribution < 1.29 is 0 Å². The number of aryl methyl sites for hydroxylation is 2. The zero-order valence-electron chi connectivity index (χ0n) is 11.6. The average Bonchev–Trinajstić information content (AvgIpc) is 2.87. The number of nitrogen functional groups attached to an aromatic ring is 1. The first-order valence-electron chi connectivity index (χ1n) is 6.47. The predicted molar refractivity (Wildman–Crippen MR) is 94.5 cm³/mol. The van der Waals surface area contributed by atoms with Crippen molar-refractivity contribution in [2.45, 2.75) is 26.8 Å². The summed E-state index contributed by atoms with van der Waals surface area (Å²) in [6.07, 6.45) is 0. The zero-order valence-corrected chi connectivity index (χ0v) is 14.6. The molecule has 2 aromatic heterocycles. The van der Waals surface area contributed by atoms with Crippen molar-refractivity contribution in [3.63, 3.8) is 0 Å². The van der Waals surface area contributed by atoms with Crippen LogP contribution >= 0.6 is 33.9 Å². The topological polar surface area (TPSA) is 43.8 Å². The first-order chi connectivity index (χ1) is 9.47. The van der Waals surface area contributed by atoms with Gasteiger partial charge >= 0.3 is 0 Å². The van der Waals surface area contributed by atoms with Gasteiger partial charge in [0.1, 0.15) is 0 Å². The fraction of sp³-hybridized carbons (Fsp3) is 0.267. The second-order valence-electron chi connectivity index (χ2n) is 5.02. The van der Waals surface area contributed by atoms with E-state index in [4.69, 9.17) is 5.73 Å². The molecule has 2 N–H and O–H groups in total. The minimum atomic E-state index is 0.199. The van der Waals surface area contributed by atoms with E-state index in [1.807, 2.05) is 11.3 Å². The number of hydrogen-bond acceptors (Lipinski definition) is 3. The van der Waals surface area contributed by atoms with Gasteiger partial charge < -0.3 is 10.3 Å². The quantitative estimate of drug-likeness (QED) is 0.647. The van der Waals surface area contributed by atoms with Gasteiger partial charge in [0.05, 0.1) is 17.1 Å². The Bertz CT molecular complexity index is 788. The number of rotatable bonds is 2. The number of fused-ring (bicyclic) bond motifs is 1. The third-order valence-electron chi connectivity index (χ3n) is 3.60. The summed E-state index contributed by atoms with van der Waals surface area (Å²) in [5.41, 5.74) is 9.54. The number of anilines is 1. The Kier molecular flexibility index (Phi) is 3.50. The molecule has 1 unspecified atom stereocenters. The number of thiophene rings is 1. The first-order valence-corrected chi connectivity index (χ1v) is 8.37. The van der Waals surface area contributed by atoms with Crippen LogP contribution in [0.15, 0.2) is 24.3 Å². The minimum Gasteiger partial charge on any atom is -0.369 e. The fourth-order valence-corrected chi connectivity index (χ4v) is 4.19. The summed E-state index contributed by atoms with van der Waals surface area (Å²) in [6, 6.07) is 8.72. The number of aromatic nitrogens is 2. The molecule has 1 atom stereocenters. The highest BCUT2D eigenvalue weighted by Crippen LogP contribution is 2.33. The van der Waals surface area contributed by atoms with Crippen molar-refractivity contribution >= 4 is 50.9 Å². The molecule has 0 bridgehead atoms. The van der Waals surface area contributed by atoms with Crippen LogP contribution in [0.3, 0.4) is 0 Å². The molecule has 0 amide bonds. The van der Waals surface area contributed by atoms with Gasteiger partial charge in [-0.15, -0.1) is 11.3 Å². The second-order valence-corrected chi connectivity index (χ2v) is 7.72. The van der Waals surface area contributed by atoms with E-state index < -0.39 is 0 Å². The molecule has 0 fully saturated rings. The molecule has 3 aromatic rings.